The van der Waals surface area contributed by atoms with Gasteiger partial charge in [0.05, 0.1) is 6.67 Å². The number of nitrogens with zero attached hydrogens (tertiary/aromatic N) is 1. The van der Waals surface area contributed by atoms with E-state index < -0.39 is 0 Å². The third kappa shape index (κ3) is 4.63. The molecule has 2 atom stereocenters. The highest BCUT2D eigenvalue weighted by Crippen LogP contribution is 2.38. The summed E-state index contributed by atoms with van der Waals surface area (Å²) in [4.78, 5) is 27.0. The second kappa shape index (κ2) is 9.15. The third-order valence-corrected chi connectivity index (χ3v) is 5.65. The number of ketones is 1. The molecule has 0 aliphatic carbocycles. The van der Waals surface area contributed by atoms with Gasteiger partial charge in [0.15, 0.2) is 0 Å². The molecule has 2 fully saturated rings. The van der Waals surface area contributed by atoms with E-state index in [-0.39, 0.29) is 43.2 Å². The van der Waals surface area contributed by atoms with Crippen LogP contribution in [0.1, 0.15) is 56.9 Å². The van der Waals surface area contributed by atoms with E-state index in [9.17, 15) is 14.0 Å². The fraction of sp³-hybridized carbons (Fsp3) is 0.619. The van der Waals surface area contributed by atoms with E-state index in [4.69, 9.17) is 4.74 Å². The first kappa shape index (κ1) is 18.9. The van der Waals surface area contributed by atoms with E-state index in [0.29, 0.717) is 19.3 Å². The number of carbonyl (C=O) groups is 2. The Morgan fingerprint density at radius 3 is 2.42 bits per heavy atom. The van der Waals surface area contributed by atoms with Gasteiger partial charge in [-0.05, 0) is 50.5 Å². The molecule has 1 aromatic carbocycles. The van der Waals surface area contributed by atoms with Crippen molar-refractivity contribution in [2.24, 2.45) is 5.92 Å². The lowest BCUT2D eigenvalue weighted by Gasteiger charge is -2.47. The molecule has 2 heterocycles. The summed E-state index contributed by atoms with van der Waals surface area (Å²) in [6.07, 6.45) is 5.72. The monoisotopic (exact) mass is 361 g/mol. The van der Waals surface area contributed by atoms with Crippen LogP contribution in [0.5, 0.6) is 0 Å². The van der Waals surface area contributed by atoms with Crippen molar-refractivity contribution < 1.29 is 18.7 Å². The van der Waals surface area contributed by atoms with Crippen molar-refractivity contribution >= 4 is 11.9 Å². The first-order valence-electron chi connectivity index (χ1n) is 9.76. The Morgan fingerprint density at radius 2 is 1.77 bits per heavy atom. The fourth-order valence-corrected chi connectivity index (χ4v) is 4.33. The molecule has 2 aliphatic rings. The number of alkyl halides is 1. The molecule has 2 bridgehead atoms. The van der Waals surface area contributed by atoms with Gasteiger partial charge in [0.1, 0.15) is 12.4 Å². The number of ether oxygens (including phenoxy) is 1. The average molecular weight is 361 g/mol. The molecular weight excluding hydrogens is 333 g/mol. The summed E-state index contributed by atoms with van der Waals surface area (Å²) in [5.41, 5.74) is 0.976. The van der Waals surface area contributed by atoms with E-state index in [0.717, 1.165) is 37.7 Å². The summed E-state index contributed by atoms with van der Waals surface area (Å²) in [5.74, 6) is 0.260. The molecule has 1 amide bonds. The van der Waals surface area contributed by atoms with Gasteiger partial charge in [-0.3, -0.25) is 9.18 Å². The molecular formula is C21H28FNO3. The van der Waals surface area contributed by atoms with Crippen molar-refractivity contribution in [1.82, 2.24) is 4.90 Å². The van der Waals surface area contributed by atoms with E-state index in [1.807, 2.05) is 35.2 Å². The minimum Gasteiger partial charge on any atom is -0.445 e. The molecule has 0 saturated carbocycles. The van der Waals surface area contributed by atoms with Gasteiger partial charge < -0.3 is 9.64 Å². The Bertz CT molecular complexity index is 593. The molecule has 0 radical (unpaired) electrons. The SMILES string of the molecule is O=C(CCCCF)C1CC2CCCC(C1)N2C(=O)OCc1ccccc1. The Morgan fingerprint density at radius 1 is 1.08 bits per heavy atom. The summed E-state index contributed by atoms with van der Waals surface area (Å²) in [5, 5.41) is 0. The Hall–Kier alpha value is -1.91. The quantitative estimate of drug-likeness (QED) is 0.663. The van der Waals surface area contributed by atoms with Crippen LogP contribution in [0.2, 0.25) is 0 Å². The average Bonchev–Trinajstić information content (AvgIpc) is 2.66. The fourth-order valence-electron chi connectivity index (χ4n) is 4.33. The Balaban J connectivity index is 1.56. The van der Waals surface area contributed by atoms with Gasteiger partial charge in [0.25, 0.3) is 0 Å². The number of amides is 1. The number of fused-ring (bicyclic) bond motifs is 2. The van der Waals surface area contributed by atoms with E-state index in [1.165, 1.54) is 0 Å². The number of piperidine rings is 2. The van der Waals surface area contributed by atoms with Crippen LogP contribution in [0, 0.1) is 5.92 Å². The maximum atomic E-state index is 12.6. The lowest BCUT2D eigenvalue weighted by Crippen LogP contribution is -2.55. The first-order chi connectivity index (χ1) is 12.7. The van der Waals surface area contributed by atoms with Crippen LogP contribution < -0.4 is 0 Å². The summed E-state index contributed by atoms with van der Waals surface area (Å²) in [6, 6.07) is 9.87. The number of Topliss-reactive ketones (excluding diaryl/α,β-unsaturated/α-hetero) is 1. The predicted molar refractivity (Wildman–Crippen MR) is 97.5 cm³/mol. The molecule has 2 unspecified atom stereocenters. The van der Waals surface area contributed by atoms with Crippen molar-refractivity contribution in [2.45, 2.75) is 70.1 Å². The summed E-state index contributed by atoms with van der Waals surface area (Å²) in [6.45, 7) is -0.0779. The lowest BCUT2D eigenvalue weighted by atomic mass is 9.76. The summed E-state index contributed by atoms with van der Waals surface area (Å²) in [7, 11) is 0. The number of rotatable bonds is 7. The largest absolute Gasteiger partial charge is 0.445 e. The van der Waals surface area contributed by atoms with Crippen molar-refractivity contribution in [1.29, 1.82) is 0 Å². The van der Waals surface area contributed by atoms with Crippen molar-refractivity contribution in [3.63, 3.8) is 0 Å². The van der Waals surface area contributed by atoms with Gasteiger partial charge in [-0.25, -0.2) is 4.79 Å². The lowest BCUT2D eigenvalue weighted by molar-refractivity contribution is -0.126. The maximum absolute atomic E-state index is 12.6. The molecule has 142 valence electrons. The van der Waals surface area contributed by atoms with Gasteiger partial charge in [0, 0.05) is 24.4 Å². The second-order valence-corrected chi connectivity index (χ2v) is 7.47. The molecule has 2 aliphatic heterocycles. The minimum atomic E-state index is -0.357. The van der Waals surface area contributed by atoms with E-state index >= 15 is 0 Å². The van der Waals surface area contributed by atoms with Crippen LogP contribution in [-0.2, 0) is 16.1 Å². The van der Waals surface area contributed by atoms with Crippen molar-refractivity contribution in [2.75, 3.05) is 6.67 Å². The zero-order valence-electron chi connectivity index (χ0n) is 15.2. The molecule has 4 nitrogen and oxygen atoms in total. The predicted octanol–water partition coefficient (Wildman–Crippen LogP) is 4.67. The number of benzene rings is 1. The highest BCUT2D eigenvalue weighted by Gasteiger charge is 2.43. The van der Waals surface area contributed by atoms with Crippen LogP contribution in [0.4, 0.5) is 9.18 Å². The van der Waals surface area contributed by atoms with Gasteiger partial charge in [-0.2, -0.15) is 0 Å². The zero-order valence-corrected chi connectivity index (χ0v) is 15.2. The number of hydrogen-bond acceptors (Lipinski definition) is 3. The first-order valence-corrected chi connectivity index (χ1v) is 9.76. The molecule has 2 saturated heterocycles. The Kier molecular flexibility index (Phi) is 6.64. The van der Waals surface area contributed by atoms with Gasteiger partial charge in [-0.15, -0.1) is 0 Å². The third-order valence-electron chi connectivity index (χ3n) is 5.65. The minimum absolute atomic E-state index is 0.0167. The summed E-state index contributed by atoms with van der Waals surface area (Å²) >= 11 is 0. The molecule has 1 aromatic rings. The normalized spacial score (nSPS) is 25.0. The van der Waals surface area contributed by atoms with Gasteiger partial charge in [-0.1, -0.05) is 30.3 Å². The highest BCUT2D eigenvalue weighted by atomic mass is 19.1. The van der Waals surface area contributed by atoms with Crippen LogP contribution >= 0.6 is 0 Å². The summed E-state index contributed by atoms with van der Waals surface area (Å²) < 4.78 is 17.8. The number of unbranched alkanes of at least 4 members (excludes halogenated alkanes) is 1. The van der Waals surface area contributed by atoms with Gasteiger partial charge in [0.2, 0.25) is 0 Å². The smallest absolute Gasteiger partial charge is 0.410 e. The highest BCUT2D eigenvalue weighted by molar-refractivity contribution is 5.81. The number of hydrogen-bond donors (Lipinski definition) is 0. The Labute approximate surface area is 154 Å². The number of halogens is 1. The topological polar surface area (TPSA) is 46.6 Å². The molecule has 5 heteroatoms. The molecule has 0 aromatic heterocycles. The van der Waals surface area contributed by atoms with E-state index in [2.05, 4.69) is 0 Å². The van der Waals surface area contributed by atoms with Crippen LogP contribution in [-0.4, -0.2) is 35.5 Å². The van der Waals surface area contributed by atoms with Crippen LogP contribution in [0.15, 0.2) is 30.3 Å². The zero-order chi connectivity index (χ0) is 18.4. The molecule has 3 rings (SSSR count). The molecule has 0 spiro atoms. The van der Waals surface area contributed by atoms with Crippen molar-refractivity contribution in [3.8, 4) is 0 Å². The van der Waals surface area contributed by atoms with Crippen LogP contribution in [0.25, 0.3) is 0 Å². The maximum Gasteiger partial charge on any atom is 0.410 e. The van der Waals surface area contributed by atoms with E-state index in [1.54, 1.807) is 0 Å². The van der Waals surface area contributed by atoms with Crippen LogP contribution in [0.3, 0.4) is 0 Å². The molecule has 26 heavy (non-hydrogen) atoms. The number of carbonyl (C=O) groups excluding carboxylic acids is 2. The van der Waals surface area contributed by atoms with Crippen molar-refractivity contribution in [3.05, 3.63) is 35.9 Å². The molecule has 0 N–H and O–H groups in total. The standard InChI is InChI=1S/C21H28FNO3/c22-12-5-4-11-20(24)17-13-18-9-6-10-19(14-17)23(18)21(25)26-15-16-7-2-1-3-8-16/h1-3,7-8,17-19H,4-6,9-15H2. The van der Waals surface area contributed by atoms with Gasteiger partial charge >= 0.3 is 6.09 Å². The second-order valence-electron chi connectivity index (χ2n) is 7.47.